The Hall–Kier alpha value is -2.58. The van der Waals surface area contributed by atoms with Crippen molar-refractivity contribution in [2.45, 2.75) is 72.0 Å². The van der Waals surface area contributed by atoms with E-state index >= 15 is 0 Å². The molecule has 4 rings (SSSR count). The fourth-order valence-corrected chi connectivity index (χ4v) is 5.18. The zero-order valence-electron chi connectivity index (χ0n) is 19.5. The number of aliphatic hydroxyl groups excluding tert-OH is 1. The molecule has 3 aromatic rings. The summed E-state index contributed by atoms with van der Waals surface area (Å²) in [6.07, 6.45) is 4.57. The second kappa shape index (κ2) is 9.50. The molecular weight excluding hydrogens is 404 g/mol. The fourth-order valence-electron chi connectivity index (χ4n) is 5.18. The summed E-state index contributed by atoms with van der Waals surface area (Å²) in [5, 5.41) is 23.6. The van der Waals surface area contributed by atoms with Gasteiger partial charge in [0.2, 0.25) is 0 Å². The first kappa shape index (κ1) is 22.6. The number of rotatable bonds is 8. The number of tetrazole rings is 1. The average Bonchev–Trinajstić information content (AvgIpc) is 3.40. The first-order valence-corrected chi connectivity index (χ1v) is 11.6. The Morgan fingerprint density at radius 3 is 2.66 bits per heavy atom. The highest BCUT2D eigenvalue weighted by molar-refractivity contribution is 5.83. The first-order valence-electron chi connectivity index (χ1n) is 11.6. The van der Waals surface area contributed by atoms with Crippen LogP contribution in [0, 0.1) is 19.8 Å². The van der Waals surface area contributed by atoms with Crippen LogP contribution in [0.5, 0.6) is 0 Å². The van der Waals surface area contributed by atoms with Gasteiger partial charge in [-0.15, -0.1) is 5.10 Å². The zero-order valence-corrected chi connectivity index (χ0v) is 19.5. The molecule has 32 heavy (non-hydrogen) atoms. The van der Waals surface area contributed by atoms with E-state index in [9.17, 15) is 9.90 Å². The third kappa shape index (κ3) is 4.47. The predicted octanol–water partition coefficient (Wildman–Crippen LogP) is 3.44. The first-order chi connectivity index (χ1) is 15.4. The number of aromatic nitrogens is 5. The number of pyridine rings is 1. The maximum absolute atomic E-state index is 13.0. The van der Waals surface area contributed by atoms with Crippen LogP contribution in [0.2, 0.25) is 0 Å². The van der Waals surface area contributed by atoms with Crippen LogP contribution in [0.4, 0.5) is 0 Å². The van der Waals surface area contributed by atoms with Gasteiger partial charge in [-0.3, -0.25) is 9.69 Å². The summed E-state index contributed by atoms with van der Waals surface area (Å²) in [5.74, 6) is 1.03. The van der Waals surface area contributed by atoms with Crippen LogP contribution in [-0.4, -0.2) is 48.3 Å². The molecule has 1 aromatic carbocycles. The van der Waals surface area contributed by atoms with Gasteiger partial charge in [-0.2, -0.15) is 0 Å². The summed E-state index contributed by atoms with van der Waals surface area (Å²) in [7, 11) is 0. The molecule has 0 spiro atoms. The van der Waals surface area contributed by atoms with Crippen molar-refractivity contribution < 1.29 is 5.11 Å². The van der Waals surface area contributed by atoms with Crippen LogP contribution in [0.1, 0.15) is 74.1 Å². The number of aromatic amines is 1. The molecule has 0 saturated heterocycles. The lowest BCUT2D eigenvalue weighted by Gasteiger charge is -2.33. The van der Waals surface area contributed by atoms with Gasteiger partial charge in [0.1, 0.15) is 0 Å². The molecule has 1 atom stereocenters. The molecule has 2 heterocycles. The topological polar surface area (TPSA) is 99.9 Å². The molecular formula is C24H34N6O2. The van der Waals surface area contributed by atoms with Crippen LogP contribution in [0.3, 0.4) is 0 Å². The van der Waals surface area contributed by atoms with E-state index in [4.69, 9.17) is 0 Å². The third-order valence-corrected chi connectivity index (χ3v) is 6.63. The van der Waals surface area contributed by atoms with E-state index in [2.05, 4.69) is 52.2 Å². The molecule has 0 unspecified atom stereocenters. The van der Waals surface area contributed by atoms with Crippen LogP contribution >= 0.6 is 0 Å². The van der Waals surface area contributed by atoms with Crippen molar-refractivity contribution in [3.05, 3.63) is 51.1 Å². The molecule has 1 saturated carbocycles. The Balaban J connectivity index is 1.72. The van der Waals surface area contributed by atoms with E-state index in [1.807, 2.05) is 23.7 Å². The number of aliphatic hydroxyl groups is 1. The minimum absolute atomic E-state index is 0.00206. The number of nitrogens with one attached hydrogen (secondary N) is 1. The fraction of sp³-hybridized carbons (Fsp3) is 0.583. The number of benzene rings is 1. The molecule has 1 fully saturated rings. The van der Waals surface area contributed by atoms with Crippen molar-refractivity contribution in [2.75, 3.05) is 13.2 Å². The van der Waals surface area contributed by atoms with Crippen LogP contribution in [0.25, 0.3) is 10.9 Å². The second-order valence-corrected chi connectivity index (χ2v) is 9.47. The largest absolute Gasteiger partial charge is 0.395 e. The molecule has 2 N–H and O–H groups in total. The molecule has 0 radical (unpaired) electrons. The SMILES string of the molecule is Cc1cc(C)c2cc(CN(CCO)[C@@H](c3nnnn3C3CCCC3)C(C)C)c(=O)[nH]c2c1. The molecule has 0 aliphatic heterocycles. The van der Waals surface area contributed by atoms with E-state index in [-0.39, 0.29) is 24.1 Å². The highest BCUT2D eigenvalue weighted by Gasteiger charge is 2.32. The number of hydrogen-bond donors (Lipinski definition) is 2. The van der Waals surface area contributed by atoms with Gasteiger partial charge in [0.15, 0.2) is 5.82 Å². The summed E-state index contributed by atoms with van der Waals surface area (Å²) in [6.45, 7) is 9.22. The van der Waals surface area contributed by atoms with E-state index in [0.717, 1.165) is 40.7 Å². The Morgan fingerprint density at radius 2 is 1.97 bits per heavy atom. The summed E-state index contributed by atoms with van der Waals surface area (Å²) in [5.41, 5.74) is 3.71. The summed E-state index contributed by atoms with van der Waals surface area (Å²) >= 11 is 0. The number of nitrogens with zero attached hydrogens (tertiary/aromatic N) is 5. The lowest BCUT2D eigenvalue weighted by Crippen LogP contribution is -2.37. The van der Waals surface area contributed by atoms with Gasteiger partial charge in [0.05, 0.1) is 18.7 Å². The van der Waals surface area contributed by atoms with Crippen molar-refractivity contribution in [3.63, 3.8) is 0 Å². The van der Waals surface area contributed by atoms with Crippen LogP contribution in [0.15, 0.2) is 23.0 Å². The molecule has 172 valence electrons. The monoisotopic (exact) mass is 438 g/mol. The average molecular weight is 439 g/mol. The zero-order chi connectivity index (χ0) is 22.8. The van der Waals surface area contributed by atoms with Gasteiger partial charge in [-0.25, -0.2) is 4.68 Å². The second-order valence-electron chi connectivity index (χ2n) is 9.47. The van der Waals surface area contributed by atoms with Crippen LogP contribution in [-0.2, 0) is 6.54 Å². The Labute approximate surface area is 188 Å². The lowest BCUT2D eigenvalue weighted by molar-refractivity contribution is 0.104. The maximum atomic E-state index is 13.0. The van der Waals surface area contributed by atoms with E-state index < -0.39 is 0 Å². The molecule has 8 nitrogen and oxygen atoms in total. The normalized spacial score (nSPS) is 16.0. The molecule has 0 amide bonds. The molecule has 1 aliphatic rings. The standard InChI is InChI=1S/C24H34N6O2/c1-15(2)22(23-26-27-28-30(23)19-7-5-6-8-19)29(9-10-31)14-18-13-20-17(4)11-16(3)12-21(20)25-24(18)32/h11-13,15,19,22,31H,5-10,14H2,1-4H3,(H,25,32)/t22-/m1/s1. The van der Waals surface area contributed by atoms with Gasteiger partial charge in [-0.1, -0.05) is 32.8 Å². The molecule has 2 aromatic heterocycles. The van der Waals surface area contributed by atoms with Crippen molar-refractivity contribution in [3.8, 4) is 0 Å². The smallest absolute Gasteiger partial charge is 0.252 e. The third-order valence-electron chi connectivity index (χ3n) is 6.63. The van der Waals surface area contributed by atoms with Gasteiger partial charge >= 0.3 is 0 Å². The molecule has 8 heteroatoms. The van der Waals surface area contributed by atoms with Gasteiger partial charge in [0.25, 0.3) is 5.56 Å². The number of aryl methyl sites for hydroxylation is 2. The molecule has 0 bridgehead atoms. The number of H-pyrrole nitrogens is 1. The van der Waals surface area contributed by atoms with Gasteiger partial charge in [-0.05, 0) is 66.3 Å². The van der Waals surface area contributed by atoms with Gasteiger partial charge in [0, 0.05) is 29.6 Å². The van der Waals surface area contributed by atoms with Crippen molar-refractivity contribution in [2.24, 2.45) is 5.92 Å². The van der Waals surface area contributed by atoms with Crippen molar-refractivity contribution in [1.82, 2.24) is 30.1 Å². The minimum Gasteiger partial charge on any atom is -0.395 e. The Bertz CT molecular complexity index is 1130. The molecule has 1 aliphatic carbocycles. The highest BCUT2D eigenvalue weighted by atomic mass is 16.3. The summed E-state index contributed by atoms with van der Waals surface area (Å²) in [4.78, 5) is 18.2. The van der Waals surface area contributed by atoms with Gasteiger partial charge < -0.3 is 10.1 Å². The lowest BCUT2D eigenvalue weighted by atomic mass is 9.99. The van der Waals surface area contributed by atoms with E-state index in [1.165, 1.54) is 12.8 Å². The predicted molar refractivity (Wildman–Crippen MR) is 124 cm³/mol. The maximum Gasteiger partial charge on any atom is 0.252 e. The minimum atomic E-state index is -0.105. The van der Waals surface area contributed by atoms with Crippen LogP contribution < -0.4 is 5.56 Å². The quantitative estimate of drug-likeness (QED) is 0.559. The Morgan fingerprint density at radius 1 is 1.22 bits per heavy atom. The van der Waals surface area contributed by atoms with Crippen molar-refractivity contribution >= 4 is 10.9 Å². The Kier molecular flexibility index (Phi) is 6.71. The number of fused-ring (bicyclic) bond motifs is 1. The van der Waals surface area contributed by atoms with E-state index in [1.54, 1.807) is 0 Å². The van der Waals surface area contributed by atoms with Crippen molar-refractivity contribution in [1.29, 1.82) is 0 Å². The highest BCUT2D eigenvalue weighted by Crippen LogP contribution is 2.34. The summed E-state index contributed by atoms with van der Waals surface area (Å²) < 4.78 is 1.99. The van der Waals surface area contributed by atoms with E-state index in [0.29, 0.717) is 24.7 Å². The summed E-state index contributed by atoms with van der Waals surface area (Å²) in [6, 6.07) is 6.35. The number of hydrogen-bond acceptors (Lipinski definition) is 6.